The zero-order chi connectivity index (χ0) is 23.1. The number of ether oxygens (including phenoxy) is 1. The second-order valence-corrected chi connectivity index (χ2v) is 10.0. The molecule has 0 aliphatic heterocycles. The summed E-state index contributed by atoms with van der Waals surface area (Å²) in [4.78, 5) is 10.8. The van der Waals surface area contributed by atoms with Crippen LogP contribution < -0.4 is 4.74 Å². The van der Waals surface area contributed by atoms with Crippen LogP contribution in [0.5, 0.6) is 5.75 Å². The first-order valence-electron chi connectivity index (χ1n) is 10.9. The lowest BCUT2D eigenvalue weighted by Gasteiger charge is -2.31. The number of carboxylic acid groups (broad SMARTS) is 1. The Morgan fingerprint density at radius 1 is 1.03 bits per heavy atom. The molecule has 0 saturated heterocycles. The average molecular weight is 413 g/mol. The Morgan fingerprint density at radius 2 is 1.57 bits per heavy atom. The third kappa shape index (κ3) is 7.85. The number of rotatable bonds is 8. The van der Waals surface area contributed by atoms with Crippen molar-refractivity contribution in [2.75, 3.05) is 6.61 Å². The number of carbonyl (C=O) groups is 1. The van der Waals surface area contributed by atoms with Crippen LogP contribution in [0.2, 0.25) is 0 Å². The lowest BCUT2D eigenvalue weighted by molar-refractivity contribution is -0.131. The van der Waals surface area contributed by atoms with E-state index in [1.165, 1.54) is 17.2 Å². The monoisotopic (exact) mass is 412 g/mol. The van der Waals surface area contributed by atoms with E-state index in [4.69, 9.17) is 9.84 Å². The Balaban J connectivity index is 3.52. The molecule has 1 N–H and O–H groups in total. The molecule has 0 bridgehead atoms. The van der Waals surface area contributed by atoms with Crippen molar-refractivity contribution in [1.82, 2.24) is 0 Å². The maximum absolute atomic E-state index is 10.8. The molecule has 3 heteroatoms. The predicted molar refractivity (Wildman–Crippen MR) is 128 cm³/mol. The lowest BCUT2D eigenvalue weighted by atomic mass is 9.77. The Bertz CT molecular complexity index is 790. The number of unbranched alkanes of at least 4 members (excludes halogenated alkanes) is 1. The van der Waals surface area contributed by atoms with Crippen LogP contribution >= 0.6 is 0 Å². The van der Waals surface area contributed by atoms with E-state index in [1.54, 1.807) is 6.92 Å². The van der Waals surface area contributed by atoms with Gasteiger partial charge in [0.2, 0.25) is 0 Å². The fourth-order valence-electron chi connectivity index (χ4n) is 3.13. The Labute approximate surface area is 183 Å². The number of allylic oxidation sites excluding steroid dienone is 5. The van der Waals surface area contributed by atoms with Crippen molar-refractivity contribution >= 4 is 11.5 Å². The summed E-state index contributed by atoms with van der Waals surface area (Å²) in [6, 6.07) is 4.49. The number of hydrogen-bond acceptors (Lipinski definition) is 2. The van der Waals surface area contributed by atoms with Gasteiger partial charge in [-0.15, -0.1) is 0 Å². The van der Waals surface area contributed by atoms with E-state index in [0.29, 0.717) is 5.57 Å². The third-order valence-corrected chi connectivity index (χ3v) is 4.96. The molecule has 1 aromatic carbocycles. The van der Waals surface area contributed by atoms with E-state index in [-0.39, 0.29) is 10.8 Å². The Kier molecular flexibility index (Phi) is 9.14. The molecule has 166 valence electrons. The van der Waals surface area contributed by atoms with Gasteiger partial charge < -0.3 is 9.84 Å². The van der Waals surface area contributed by atoms with Crippen LogP contribution in [-0.2, 0) is 15.6 Å². The first-order chi connectivity index (χ1) is 13.8. The number of carboxylic acids is 1. The SMILES string of the molecule is CCCCOc1c(C(C)(C)C)cc(/C(C)=C/C=C/C(C)=C/C(=O)O)cc1C(C)(C)C. The van der Waals surface area contributed by atoms with Crippen molar-refractivity contribution in [3.05, 3.63) is 58.7 Å². The van der Waals surface area contributed by atoms with Crippen molar-refractivity contribution < 1.29 is 14.6 Å². The predicted octanol–water partition coefficient (Wildman–Crippen LogP) is 7.45. The minimum absolute atomic E-state index is 0.0471. The first kappa shape index (κ1) is 25.7. The van der Waals surface area contributed by atoms with E-state index in [9.17, 15) is 4.79 Å². The van der Waals surface area contributed by atoms with Gasteiger partial charge in [0.25, 0.3) is 0 Å². The molecule has 0 aromatic heterocycles. The number of benzene rings is 1. The molecule has 0 saturated carbocycles. The molecule has 30 heavy (non-hydrogen) atoms. The van der Waals surface area contributed by atoms with Gasteiger partial charge in [0, 0.05) is 17.2 Å². The van der Waals surface area contributed by atoms with Gasteiger partial charge in [-0.25, -0.2) is 4.79 Å². The zero-order valence-electron chi connectivity index (χ0n) is 20.3. The number of hydrogen-bond donors (Lipinski definition) is 1. The van der Waals surface area contributed by atoms with Crippen molar-refractivity contribution in [3.63, 3.8) is 0 Å². The van der Waals surface area contributed by atoms with Crippen molar-refractivity contribution in [3.8, 4) is 5.75 Å². The molecule has 0 unspecified atom stereocenters. The highest BCUT2D eigenvalue weighted by atomic mass is 16.5. The smallest absolute Gasteiger partial charge is 0.328 e. The van der Waals surface area contributed by atoms with Crippen LogP contribution in [0.4, 0.5) is 0 Å². The summed E-state index contributed by atoms with van der Waals surface area (Å²) in [5, 5.41) is 8.85. The highest BCUT2D eigenvalue weighted by Gasteiger charge is 2.28. The Morgan fingerprint density at radius 3 is 2.00 bits per heavy atom. The van der Waals surface area contributed by atoms with E-state index < -0.39 is 5.97 Å². The molecule has 0 spiro atoms. The summed E-state index contributed by atoms with van der Waals surface area (Å²) in [5.41, 5.74) is 5.35. The van der Waals surface area contributed by atoms with E-state index in [2.05, 4.69) is 67.5 Å². The largest absolute Gasteiger partial charge is 0.493 e. The highest BCUT2D eigenvalue weighted by Crippen LogP contribution is 2.42. The maximum atomic E-state index is 10.8. The maximum Gasteiger partial charge on any atom is 0.328 e. The van der Waals surface area contributed by atoms with Crippen LogP contribution in [0.3, 0.4) is 0 Å². The summed E-state index contributed by atoms with van der Waals surface area (Å²) in [5.74, 6) is 0.0944. The van der Waals surface area contributed by atoms with Crippen LogP contribution in [0.15, 0.2) is 42.0 Å². The standard InChI is InChI=1S/C27H40O3/c1-10-11-15-30-25-22(26(4,5)6)17-21(18-23(25)27(7,8)9)20(3)14-12-13-19(2)16-24(28)29/h12-14,16-18H,10-11,15H2,1-9H3,(H,28,29)/b13-12+,19-16+,20-14+. The molecule has 0 amide bonds. The third-order valence-electron chi connectivity index (χ3n) is 4.96. The van der Waals surface area contributed by atoms with E-state index in [1.807, 2.05) is 18.2 Å². The van der Waals surface area contributed by atoms with Crippen molar-refractivity contribution in [2.45, 2.75) is 86.0 Å². The molecule has 0 fully saturated rings. The van der Waals surface area contributed by atoms with E-state index in [0.717, 1.165) is 36.3 Å². The van der Waals surface area contributed by atoms with Gasteiger partial charge in [-0.2, -0.15) is 0 Å². The van der Waals surface area contributed by atoms with Crippen molar-refractivity contribution in [1.29, 1.82) is 0 Å². The van der Waals surface area contributed by atoms with Gasteiger partial charge in [0.15, 0.2) is 0 Å². The van der Waals surface area contributed by atoms with Crippen LogP contribution in [-0.4, -0.2) is 17.7 Å². The topological polar surface area (TPSA) is 46.5 Å². The molecule has 0 radical (unpaired) electrons. The molecular formula is C27H40O3. The fourth-order valence-corrected chi connectivity index (χ4v) is 3.13. The first-order valence-corrected chi connectivity index (χ1v) is 10.9. The number of aliphatic carboxylic acids is 1. The summed E-state index contributed by atoms with van der Waals surface area (Å²) < 4.78 is 6.35. The fraction of sp³-hybridized carbons (Fsp3) is 0.519. The molecular weight excluding hydrogens is 372 g/mol. The van der Waals surface area contributed by atoms with Gasteiger partial charge in [-0.05, 0) is 59.9 Å². The van der Waals surface area contributed by atoms with Crippen molar-refractivity contribution in [2.24, 2.45) is 0 Å². The van der Waals surface area contributed by atoms with Gasteiger partial charge in [-0.3, -0.25) is 0 Å². The summed E-state index contributed by atoms with van der Waals surface area (Å²) in [7, 11) is 0. The second kappa shape index (κ2) is 10.7. The summed E-state index contributed by atoms with van der Waals surface area (Å²) in [6.07, 6.45) is 9.11. The molecule has 0 heterocycles. The molecule has 3 nitrogen and oxygen atoms in total. The van der Waals surface area contributed by atoms with Crippen LogP contribution in [0.25, 0.3) is 5.57 Å². The summed E-state index contributed by atoms with van der Waals surface area (Å²) in [6.45, 7) is 20.1. The van der Waals surface area contributed by atoms with E-state index >= 15 is 0 Å². The Hall–Kier alpha value is -2.29. The molecule has 0 aliphatic rings. The molecule has 0 atom stereocenters. The average Bonchev–Trinajstić information content (AvgIpc) is 2.59. The molecule has 0 aliphatic carbocycles. The lowest BCUT2D eigenvalue weighted by Crippen LogP contribution is -2.20. The zero-order valence-corrected chi connectivity index (χ0v) is 20.3. The van der Waals surface area contributed by atoms with Crippen LogP contribution in [0.1, 0.15) is 91.8 Å². The van der Waals surface area contributed by atoms with Gasteiger partial charge in [0.1, 0.15) is 5.75 Å². The van der Waals surface area contributed by atoms with Gasteiger partial charge in [-0.1, -0.05) is 73.1 Å². The minimum Gasteiger partial charge on any atom is -0.493 e. The quantitative estimate of drug-likeness (QED) is 0.274. The van der Waals surface area contributed by atoms with Gasteiger partial charge in [0.05, 0.1) is 6.61 Å². The molecule has 1 aromatic rings. The normalized spacial score (nSPS) is 13.8. The molecule has 1 rings (SSSR count). The van der Waals surface area contributed by atoms with Gasteiger partial charge >= 0.3 is 5.97 Å². The highest BCUT2D eigenvalue weighted by molar-refractivity contribution is 5.81. The summed E-state index contributed by atoms with van der Waals surface area (Å²) >= 11 is 0. The minimum atomic E-state index is -0.929. The van der Waals surface area contributed by atoms with Crippen LogP contribution in [0, 0.1) is 0 Å². The second-order valence-electron chi connectivity index (χ2n) is 10.0.